The Balaban J connectivity index is 1.80. The zero-order valence-corrected chi connectivity index (χ0v) is 15.9. The van der Waals surface area contributed by atoms with E-state index in [-0.39, 0.29) is 19.0 Å². The lowest BCUT2D eigenvalue weighted by atomic mass is 10.1. The Hall–Kier alpha value is -2.61. The van der Waals surface area contributed by atoms with Gasteiger partial charge in [0.1, 0.15) is 30.8 Å². The first kappa shape index (κ1) is 20.7. The minimum Gasteiger partial charge on any atom is -0.491 e. The fourth-order valence-electron chi connectivity index (χ4n) is 2.17. The highest BCUT2D eigenvalue weighted by atomic mass is 19.1. The molecular formula is C19H27FN4O3. The van der Waals surface area contributed by atoms with E-state index in [1.54, 1.807) is 0 Å². The van der Waals surface area contributed by atoms with Gasteiger partial charge in [0.05, 0.1) is 5.69 Å². The number of rotatable bonds is 9. The maximum atomic E-state index is 12.9. The van der Waals surface area contributed by atoms with Crippen LogP contribution in [0.3, 0.4) is 0 Å². The van der Waals surface area contributed by atoms with Crippen LogP contribution in [0, 0.1) is 5.82 Å². The Morgan fingerprint density at radius 3 is 2.67 bits per heavy atom. The van der Waals surface area contributed by atoms with E-state index in [9.17, 15) is 9.50 Å². The van der Waals surface area contributed by atoms with Crippen molar-refractivity contribution in [1.29, 1.82) is 0 Å². The number of benzene rings is 1. The number of aliphatic imine (C=N–C) groups is 1. The predicted octanol–water partition coefficient (Wildman–Crippen LogP) is 2.43. The normalized spacial score (nSPS) is 12.9. The fraction of sp³-hybridized carbons (Fsp3) is 0.474. The van der Waals surface area contributed by atoms with Crippen LogP contribution in [0.5, 0.6) is 5.75 Å². The second-order valence-corrected chi connectivity index (χ2v) is 6.37. The van der Waals surface area contributed by atoms with Crippen molar-refractivity contribution in [3.63, 3.8) is 0 Å². The van der Waals surface area contributed by atoms with Crippen molar-refractivity contribution in [2.75, 3.05) is 19.7 Å². The van der Waals surface area contributed by atoms with E-state index in [1.807, 2.05) is 26.8 Å². The van der Waals surface area contributed by atoms with Gasteiger partial charge in [0, 0.05) is 19.2 Å². The topological polar surface area (TPSA) is 91.9 Å². The zero-order chi connectivity index (χ0) is 19.6. The molecule has 1 atom stereocenters. The van der Waals surface area contributed by atoms with Crippen molar-refractivity contribution in [3.05, 3.63) is 47.6 Å². The van der Waals surface area contributed by atoms with E-state index < -0.39 is 6.10 Å². The monoisotopic (exact) mass is 378 g/mol. The Morgan fingerprint density at radius 2 is 2.04 bits per heavy atom. The van der Waals surface area contributed by atoms with Crippen LogP contribution in [0.2, 0.25) is 0 Å². The number of guanidine groups is 1. The smallest absolute Gasteiger partial charge is 0.191 e. The Labute approximate surface area is 158 Å². The summed E-state index contributed by atoms with van der Waals surface area (Å²) in [6, 6.07) is 7.55. The molecule has 0 aliphatic carbocycles. The van der Waals surface area contributed by atoms with Crippen molar-refractivity contribution in [1.82, 2.24) is 15.8 Å². The largest absolute Gasteiger partial charge is 0.491 e. The predicted molar refractivity (Wildman–Crippen MR) is 101 cm³/mol. The molecule has 0 spiro atoms. The van der Waals surface area contributed by atoms with Crippen LogP contribution in [-0.2, 0) is 6.54 Å². The maximum Gasteiger partial charge on any atom is 0.191 e. The average molecular weight is 378 g/mol. The number of nitrogens with zero attached hydrogens (tertiary/aromatic N) is 2. The van der Waals surface area contributed by atoms with Crippen LogP contribution in [0.4, 0.5) is 4.39 Å². The standard InChI is InChI=1S/C19H27FN4O3/c1-4-21-19(23-11-17-9-18(13(2)3)24-27-17)22-10-15(25)12-26-16-7-5-14(20)6-8-16/h5-9,13,15,25H,4,10-12H2,1-3H3,(H2,21,22,23). The third kappa shape index (κ3) is 7.26. The van der Waals surface area contributed by atoms with E-state index in [0.717, 1.165) is 5.69 Å². The van der Waals surface area contributed by atoms with Gasteiger partial charge >= 0.3 is 0 Å². The highest BCUT2D eigenvalue weighted by Crippen LogP contribution is 2.14. The quantitative estimate of drug-likeness (QED) is 0.459. The number of aliphatic hydroxyl groups excluding tert-OH is 1. The zero-order valence-electron chi connectivity index (χ0n) is 15.9. The minimum atomic E-state index is -0.753. The SMILES string of the molecule is CCNC(=NCc1cc(C(C)C)no1)NCC(O)COc1ccc(F)cc1. The number of nitrogens with one attached hydrogen (secondary N) is 2. The summed E-state index contributed by atoms with van der Waals surface area (Å²) >= 11 is 0. The molecule has 2 aromatic rings. The van der Waals surface area contributed by atoms with Crippen LogP contribution >= 0.6 is 0 Å². The van der Waals surface area contributed by atoms with Crippen molar-refractivity contribution in [2.24, 2.45) is 4.99 Å². The first-order valence-corrected chi connectivity index (χ1v) is 9.02. The van der Waals surface area contributed by atoms with Crippen molar-refractivity contribution in [3.8, 4) is 5.75 Å². The molecule has 1 aromatic carbocycles. The van der Waals surface area contributed by atoms with E-state index in [1.165, 1.54) is 24.3 Å². The molecule has 1 aromatic heterocycles. The second-order valence-electron chi connectivity index (χ2n) is 6.37. The molecule has 0 aliphatic rings. The summed E-state index contributed by atoms with van der Waals surface area (Å²) in [5.41, 5.74) is 0.895. The highest BCUT2D eigenvalue weighted by molar-refractivity contribution is 5.79. The molecule has 8 heteroatoms. The van der Waals surface area contributed by atoms with Gasteiger partial charge in [-0.2, -0.15) is 0 Å². The van der Waals surface area contributed by atoms with Crippen LogP contribution in [0.25, 0.3) is 0 Å². The molecule has 0 radical (unpaired) electrons. The Morgan fingerprint density at radius 1 is 1.30 bits per heavy atom. The molecular weight excluding hydrogens is 351 g/mol. The lowest BCUT2D eigenvalue weighted by molar-refractivity contribution is 0.110. The molecule has 0 saturated carbocycles. The summed E-state index contributed by atoms with van der Waals surface area (Å²) in [7, 11) is 0. The van der Waals surface area contributed by atoms with Crippen LogP contribution in [0.1, 0.15) is 38.1 Å². The number of hydrogen-bond acceptors (Lipinski definition) is 5. The van der Waals surface area contributed by atoms with Crippen LogP contribution in [-0.4, -0.2) is 42.0 Å². The lowest BCUT2D eigenvalue weighted by Crippen LogP contribution is -2.42. The van der Waals surface area contributed by atoms with Gasteiger partial charge in [-0.15, -0.1) is 0 Å². The Kier molecular flexibility index (Phi) is 8.06. The summed E-state index contributed by atoms with van der Waals surface area (Å²) in [6.07, 6.45) is -0.753. The lowest BCUT2D eigenvalue weighted by Gasteiger charge is -2.15. The average Bonchev–Trinajstić information content (AvgIpc) is 3.13. The third-order valence-corrected chi connectivity index (χ3v) is 3.67. The maximum absolute atomic E-state index is 12.9. The van der Waals surface area contributed by atoms with Gasteiger partial charge in [0.15, 0.2) is 11.7 Å². The number of hydrogen-bond donors (Lipinski definition) is 3. The molecule has 0 aliphatic heterocycles. The van der Waals surface area contributed by atoms with Gasteiger partial charge in [0.25, 0.3) is 0 Å². The molecule has 1 heterocycles. The van der Waals surface area contributed by atoms with Gasteiger partial charge in [-0.3, -0.25) is 0 Å². The Bertz CT molecular complexity index is 716. The molecule has 0 bridgehead atoms. The first-order valence-electron chi connectivity index (χ1n) is 9.02. The first-order chi connectivity index (χ1) is 13.0. The van der Waals surface area contributed by atoms with Gasteiger partial charge in [-0.25, -0.2) is 9.38 Å². The van der Waals surface area contributed by atoms with Gasteiger partial charge in [-0.05, 0) is 37.1 Å². The van der Waals surface area contributed by atoms with Crippen LogP contribution < -0.4 is 15.4 Å². The molecule has 0 amide bonds. The van der Waals surface area contributed by atoms with E-state index >= 15 is 0 Å². The van der Waals surface area contributed by atoms with Crippen molar-refractivity contribution < 1.29 is 18.8 Å². The van der Waals surface area contributed by atoms with E-state index in [0.29, 0.717) is 36.5 Å². The number of aliphatic hydroxyl groups is 1. The molecule has 0 fully saturated rings. The van der Waals surface area contributed by atoms with Gasteiger partial charge in [0.2, 0.25) is 0 Å². The van der Waals surface area contributed by atoms with Gasteiger partial charge < -0.3 is 25.0 Å². The van der Waals surface area contributed by atoms with Crippen molar-refractivity contribution in [2.45, 2.75) is 39.3 Å². The highest BCUT2D eigenvalue weighted by Gasteiger charge is 2.09. The molecule has 7 nitrogen and oxygen atoms in total. The molecule has 27 heavy (non-hydrogen) atoms. The number of halogens is 1. The number of aromatic nitrogens is 1. The second kappa shape index (κ2) is 10.5. The van der Waals surface area contributed by atoms with E-state index in [2.05, 4.69) is 20.8 Å². The molecule has 2 rings (SSSR count). The molecule has 0 saturated heterocycles. The van der Waals surface area contributed by atoms with Crippen LogP contribution in [0.15, 0.2) is 39.8 Å². The third-order valence-electron chi connectivity index (χ3n) is 3.67. The van der Waals surface area contributed by atoms with Gasteiger partial charge in [-0.1, -0.05) is 19.0 Å². The summed E-state index contributed by atoms with van der Waals surface area (Å²) < 4.78 is 23.6. The molecule has 148 valence electrons. The summed E-state index contributed by atoms with van der Waals surface area (Å²) in [5, 5.41) is 20.2. The molecule has 3 N–H and O–H groups in total. The van der Waals surface area contributed by atoms with Crippen molar-refractivity contribution >= 4 is 5.96 Å². The fourth-order valence-corrected chi connectivity index (χ4v) is 2.17. The summed E-state index contributed by atoms with van der Waals surface area (Å²) in [6.45, 7) is 7.41. The summed E-state index contributed by atoms with van der Waals surface area (Å²) in [4.78, 5) is 4.42. The van der Waals surface area contributed by atoms with E-state index in [4.69, 9.17) is 9.26 Å². The molecule has 1 unspecified atom stereocenters. The minimum absolute atomic E-state index is 0.0812. The summed E-state index contributed by atoms with van der Waals surface area (Å²) in [5.74, 6) is 1.71. The number of ether oxygens (including phenoxy) is 1.